The minimum absolute atomic E-state index is 0.217. The van der Waals surface area contributed by atoms with Crippen LogP contribution in [0.25, 0.3) is 10.2 Å². The van der Waals surface area contributed by atoms with Crippen LogP contribution in [0.2, 0.25) is 0 Å². The second-order valence-electron chi connectivity index (χ2n) is 7.06. The summed E-state index contributed by atoms with van der Waals surface area (Å²) in [5.41, 5.74) is 4.31. The minimum Gasteiger partial charge on any atom is -0.321 e. The number of nitrogens with zero attached hydrogens (tertiary/aromatic N) is 2. The van der Waals surface area contributed by atoms with E-state index in [2.05, 4.69) is 20.3 Å². The molecule has 4 rings (SSSR count). The Morgan fingerprint density at radius 2 is 2.00 bits per heavy atom. The summed E-state index contributed by atoms with van der Waals surface area (Å²) in [6.45, 7) is 7.71. The second kappa shape index (κ2) is 8.33. The van der Waals surface area contributed by atoms with E-state index in [4.69, 9.17) is 0 Å². The third kappa shape index (κ3) is 4.19. The summed E-state index contributed by atoms with van der Waals surface area (Å²) in [5, 5.41) is 5.43. The van der Waals surface area contributed by atoms with Crippen molar-refractivity contribution < 1.29 is 4.79 Å². The van der Waals surface area contributed by atoms with E-state index in [1.165, 1.54) is 23.1 Å². The van der Waals surface area contributed by atoms with Crippen molar-refractivity contribution in [3.05, 3.63) is 67.0 Å². The van der Waals surface area contributed by atoms with Gasteiger partial charge in [0.15, 0.2) is 4.34 Å². The van der Waals surface area contributed by atoms with Gasteiger partial charge >= 0.3 is 0 Å². The molecular weight excluding hydrogens is 436 g/mol. The topological polar surface area (TPSA) is 87.7 Å². The number of hydrogen-bond donors (Lipinski definition) is 2. The molecule has 1 amide bonds. The number of H-pyrrole nitrogens is 1. The Morgan fingerprint density at radius 1 is 1.20 bits per heavy atom. The molecule has 6 nitrogen and oxygen atoms in total. The van der Waals surface area contributed by atoms with Crippen LogP contribution in [0, 0.1) is 27.7 Å². The van der Waals surface area contributed by atoms with Crippen LogP contribution >= 0.6 is 34.4 Å². The number of fused-ring (bicyclic) bond motifs is 1. The fourth-order valence-electron chi connectivity index (χ4n) is 3.14. The SMILES string of the molecule is Cc1ccc(NC(=O)c2sc3nc(CSc4nc(C)cs4)[nH]c(=O)c3c2C)c(C)c1. The highest BCUT2D eigenvalue weighted by Crippen LogP contribution is 2.30. The Labute approximate surface area is 185 Å². The van der Waals surface area contributed by atoms with E-state index < -0.39 is 0 Å². The maximum absolute atomic E-state index is 12.9. The summed E-state index contributed by atoms with van der Waals surface area (Å²) >= 11 is 4.35. The predicted octanol–water partition coefficient (Wildman–Crippen LogP) is 5.22. The Balaban J connectivity index is 1.61. The van der Waals surface area contributed by atoms with E-state index >= 15 is 0 Å². The van der Waals surface area contributed by atoms with E-state index in [1.807, 2.05) is 44.4 Å². The normalized spacial score (nSPS) is 11.2. The first kappa shape index (κ1) is 20.8. The zero-order valence-electron chi connectivity index (χ0n) is 17.0. The highest BCUT2D eigenvalue weighted by atomic mass is 32.2. The average Bonchev–Trinajstić information content (AvgIpc) is 3.25. The number of nitrogens with one attached hydrogen (secondary N) is 2. The number of thiophene rings is 1. The lowest BCUT2D eigenvalue weighted by Crippen LogP contribution is -2.13. The predicted molar refractivity (Wildman–Crippen MR) is 125 cm³/mol. The van der Waals surface area contributed by atoms with Crippen LogP contribution in [0.5, 0.6) is 0 Å². The highest BCUT2D eigenvalue weighted by Gasteiger charge is 2.20. The first-order valence-corrected chi connectivity index (χ1v) is 12.0. The van der Waals surface area contributed by atoms with E-state index in [1.54, 1.807) is 18.3 Å². The summed E-state index contributed by atoms with van der Waals surface area (Å²) in [7, 11) is 0. The molecule has 3 heterocycles. The molecule has 1 aromatic carbocycles. The van der Waals surface area contributed by atoms with Crippen molar-refractivity contribution in [1.82, 2.24) is 15.0 Å². The van der Waals surface area contributed by atoms with Gasteiger partial charge in [-0.15, -0.1) is 22.7 Å². The highest BCUT2D eigenvalue weighted by molar-refractivity contribution is 8.00. The van der Waals surface area contributed by atoms with Crippen molar-refractivity contribution in [2.24, 2.45) is 0 Å². The number of carbonyl (C=O) groups excluding carboxylic acids is 1. The van der Waals surface area contributed by atoms with Gasteiger partial charge in [0.1, 0.15) is 10.7 Å². The fourth-order valence-corrected chi connectivity index (χ4v) is 5.95. The monoisotopic (exact) mass is 456 g/mol. The molecule has 0 spiro atoms. The van der Waals surface area contributed by atoms with Crippen LogP contribution in [-0.2, 0) is 5.75 Å². The molecule has 30 heavy (non-hydrogen) atoms. The van der Waals surface area contributed by atoms with Gasteiger partial charge in [-0.3, -0.25) is 9.59 Å². The Hall–Kier alpha value is -2.49. The van der Waals surface area contributed by atoms with Crippen molar-refractivity contribution in [2.45, 2.75) is 37.8 Å². The van der Waals surface area contributed by atoms with Gasteiger partial charge in [-0.05, 0) is 44.9 Å². The molecule has 0 bridgehead atoms. The van der Waals surface area contributed by atoms with Crippen molar-refractivity contribution >= 4 is 56.2 Å². The van der Waals surface area contributed by atoms with E-state index in [0.717, 1.165) is 26.8 Å². The third-order valence-electron chi connectivity index (χ3n) is 4.62. The van der Waals surface area contributed by atoms with E-state index in [9.17, 15) is 9.59 Å². The number of aryl methyl sites for hydroxylation is 4. The van der Waals surface area contributed by atoms with Crippen molar-refractivity contribution in [3.8, 4) is 0 Å². The zero-order chi connectivity index (χ0) is 21.4. The molecule has 0 aliphatic rings. The first-order chi connectivity index (χ1) is 14.3. The maximum atomic E-state index is 12.9. The van der Waals surface area contributed by atoms with Gasteiger partial charge in [0.25, 0.3) is 11.5 Å². The van der Waals surface area contributed by atoms with Gasteiger partial charge in [0.2, 0.25) is 0 Å². The van der Waals surface area contributed by atoms with Gasteiger partial charge < -0.3 is 10.3 Å². The molecule has 0 radical (unpaired) electrons. The molecule has 0 aliphatic carbocycles. The Morgan fingerprint density at radius 3 is 2.70 bits per heavy atom. The number of anilines is 1. The van der Waals surface area contributed by atoms with E-state index in [0.29, 0.717) is 32.2 Å². The van der Waals surface area contributed by atoms with Crippen LogP contribution in [0.15, 0.2) is 32.7 Å². The van der Waals surface area contributed by atoms with Gasteiger partial charge in [-0.25, -0.2) is 9.97 Å². The molecule has 2 N–H and O–H groups in total. The molecule has 0 saturated heterocycles. The van der Waals surface area contributed by atoms with Gasteiger partial charge in [0, 0.05) is 16.8 Å². The molecule has 9 heteroatoms. The quantitative estimate of drug-likeness (QED) is 0.402. The first-order valence-electron chi connectivity index (χ1n) is 9.27. The van der Waals surface area contributed by atoms with E-state index in [-0.39, 0.29) is 11.5 Å². The summed E-state index contributed by atoms with van der Waals surface area (Å²) in [4.78, 5) is 38.5. The fraction of sp³-hybridized carbons (Fsp3) is 0.238. The molecular formula is C21H20N4O2S3. The van der Waals surface area contributed by atoms with Crippen molar-refractivity contribution in [1.29, 1.82) is 0 Å². The molecule has 154 valence electrons. The molecule has 0 aliphatic heterocycles. The maximum Gasteiger partial charge on any atom is 0.266 e. The number of thiazole rings is 1. The van der Waals surface area contributed by atoms with Crippen LogP contribution in [0.1, 0.15) is 37.9 Å². The summed E-state index contributed by atoms with van der Waals surface area (Å²) in [6.07, 6.45) is 0. The number of amides is 1. The molecule has 0 unspecified atom stereocenters. The number of aromatic amines is 1. The molecule has 0 fully saturated rings. The van der Waals surface area contributed by atoms with Crippen LogP contribution in [0.4, 0.5) is 5.69 Å². The molecule has 4 aromatic rings. The number of benzene rings is 1. The standard InChI is InChI=1S/C21H20N4O2S3/c1-10-5-6-14(11(2)7-10)23-19(27)17-13(4)16-18(26)24-15(25-20(16)30-17)9-29-21-22-12(3)8-28-21/h5-8H,9H2,1-4H3,(H,23,27)(H,24,25,26). The third-order valence-corrected chi connectivity index (χ3v) is 7.95. The Bertz CT molecular complexity index is 1320. The van der Waals surface area contributed by atoms with Crippen molar-refractivity contribution in [3.63, 3.8) is 0 Å². The van der Waals surface area contributed by atoms with Crippen LogP contribution in [0.3, 0.4) is 0 Å². The van der Waals surface area contributed by atoms with Gasteiger partial charge in [-0.1, -0.05) is 29.5 Å². The second-order valence-corrected chi connectivity index (χ2v) is 10.1. The average molecular weight is 457 g/mol. The van der Waals surface area contributed by atoms with Crippen LogP contribution < -0.4 is 10.9 Å². The number of hydrogen-bond acceptors (Lipinski definition) is 7. The number of aromatic nitrogens is 3. The van der Waals surface area contributed by atoms with Crippen molar-refractivity contribution in [2.75, 3.05) is 5.32 Å². The lowest BCUT2D eigenvalue weighted by Gasteiger charge is -2.08. The zero-order valence-corrected chi connectivity index (χ0v) is 19.4. The van der Waals surface area contributed by atoms with Gasteiger partial charge in [-0.2, -0.15) is 0 Å². The number of thioether (sulfide) groups is 1. The number of carbonyl (C=O) groups is 1. The summed E-state index contributed by atoms with van der Waals surface area (Å²) in [5.74, 6) is 0.864. The lowest BCUT2D eigenvalue weighted by atomic mass is 10.1. The molecule has 0 atom stereocenters. The van der Waals surface area contributed by atoms with Gasteiger partial charge in [0.05, 0.1) is 16.0 Å². The molecule has 3 aromatic heterocycles. The number of rotatable bonds is 5. The van der Waals surface area contributed by atoms with Crippen LogP contribution in [-0.4, -0.2) is 20.9 Å². The summed E-state index contributed by atoms with van der Waals surface area (Å²) in [6, 6.07) is 5.88. The lowest BCUT2D eigenvalue weighted by molar-refractivity contribution is 0.103. The minimum atomic E-state index is -0.226. The largest absolute Gasteiger partial charge is 0.321 e. The smallest absolute Gasteiger partial charge is 0.266 e. The Kier molecular flexibility index (Phi) is 5.77. The summed E-state index contributed by atoms with van der Waals surface area (Å²) < 4.78 is 0.936. The molecule has 0 saturated carbocycles.